The molecule has 2 saturated heterocycles. The first kappa shape index (κ1) is 24.5. The van der Waals surface area contributed by atoms with Crippen molar-refractivity contribution >= 4 is 27.5 Å². The number of halogens is 1. The SMILES string of the molecule is OCC1(COc2nc(N3C[C@H]4CC[C@@H](C3)N4)c3ccc(-c4cc(O)cc5ccccc45)c(F)c3n2)CCCC1. The molecule has 3 fully saturated rings. The number of hydrogen-bond acceptors (Lipinski definition) is 7. The fraction of sp³-hybridized carbons (Fsp3) is 0.419. The molecule has 0 radical (unpaired) electrons. The van der Waals surface area contributed by atoms with E-state index in [1.165, 1.54) is 0 Å². The average molecular weight is 529 g/mol. The summed E-state index contributed by atoms with van der Waals surface area (Å²) >= 11 is 0. The highest BCUT2D eigenvalue weighted by atomic mass is 19.1. The Morgan fingerprint density at radius 1 is 0.974 bits per heavy atom. The molecule has 39 heavy (non-hydrogen) atoms. The smallest absolute Gasteiger partial charge is 0.319 e. The first-order valence-corrected chi connectivity index (χ1v) is 14.0. The van der Waals surface area contributed by atoms with Crippen molar-refractivity contribution in [3.8, 4) is 22.9 Å². The van der Waals surface area contributed by atoms with Crippen LogP contribution < -0.4 is 15.0 Å². The Balaban J connectivity index is 1.36. The first-order valence-electron chi connectivity index (χ1n) is 14.0. The van der Waals surface area contributed by atoms with Gasteiger partial charge in [0.05, 0.1) is 13.2 Å². The fourth-order valence-corrected chi connectivity index (χ4v) is 6.82. The van der Waals surface area contributed by atoms with E-state index >= 15 is 4.39 Å². The van der Waals surface area contributed by atoms with Crippen LogP contribution in [0.5, 0.6) is 11.8 Å². The van der Waals surface area contributed by atoms with Crippen molar-refractivity contribution in [2.45, 2.75) is 50.6 Å². The summed E-state index contributed by atoms with van der Waals surface area (Å²) in [6, 6.07) is 15.5. The normalized spacial score (nSPS) is 22.2. The second kappa shape index (κ2) is 9.61. The maximum absolute atomic E-state index is 16.5. The van der Waals surface area contributed by atoms with Crippen LogP contribution in [0.4, 0.5) is 10.2 Å². The van der Waals surface area contributed by atoms with Crippen molar-refractivity contribution < 1.29 is 19.3 Å². The highest BCUT2D eigenvalue weighted by Gasteiger charge is 2.36. The number of rotatable bonds is 6. The molecular weight excluding hydrogens is 495 g/mol. The molecule has 7 rings (SSSR count). The van der Waals surface area contributed by atoms with Gasteiger partial charge in [-0.25, -0.2) is 4.39 Å². The van der Waals surface area contributed by atoms with Gasteiger partial charge in [-0.1, -0.05) is 43.2 Å². The minimum absolute atomic E-state index is 0.0533. The van der Waals surface area contributed by atoms with Gasteiger partial charge in [0.1, 0.15) is 17.1 Å². The fourth-order valence-electron chi connectivity index (χ4n) is 6.82. The van der Waals surface area contributed by atoms with Crippen LogP contribution in [-0.2, 0) is 0 Å². The van der Waals surface area contributed by atoms with E-state index in [1.54, 1.807) is 18.2 Å². The number of fused-ring (bicyclic) bond motifs is 4. The van der Waals surface area contributed by atoms with Crippen LogP contribution in [0.25, 0.3) is 32.8 Å². The maximum Gasteiger partial charge on any atom is 0.319 e. The zero-order valence-corrected chi connectivity index (χ0v) is 21.9. The monoisotopic (exact) mass is 528 g/mol. The molecule has 3 aromatic carbocycles. The number of phenolic OH excluding ortho intramolecular Hbond substituents is 1. The van der Waals surface area contributed by atoms with Crippen LogP contribution in [0.2, 0.25) is 0 Å². The number of nitrogens with zero attached hydrogens (tertiary/aromatic N) is 3. The minimum atomic E-state index is -0.465. The summed E-state index contributed by atoms with van der Waals surface area (Å²) in [6.07, 6.45) is 6.16. The number of aromatic nitrogens is 2. The van der Waals surface area contributed by atoms with Gasteiger partial charge in [-0.3, -0.25) is 0 Å². The van der Waals surface area contributed by atoms with E-state index in [2.05, 4.69) is 15.2 Å². The lowest BCUT2D eigenvalue weighted by Crippen LogP contribution is -2.51. The summed E-state index contributed by atoms with van der Waals surface area (Å²) in [5.74, 6) is 0.300. The molecule has 2 aliphatic heterocycles. The number of phenols is 1. The lowest BCUT2D eigenvalue weighted by atomic mass is 9.88. The Hall–Kier alpha value is -3.49. The van der Waals surface area contributed by atoms with Crippen molar-refractivity contribution in [1.29, 1.82) is 0 Å². The first-order chi connectivity index (χ1) is 19.0. The molecule has 8 heteroatoms. The highest BCUT2D eigenvalue weighted by molar-refractivity contribution is 6.01. The quantitative estimate of drug-likeness (QED) is 0.318. The third kappa shape index (κ3) is 4.36. The number of anilines is 1. The summed E-state index contributed by atoms with van der Waals surface area (Å²) < 4.78 is 22.6. The molecule has 2 atom stereocenters. The number of benzene rings is 3. The number of aromatic hydroxyl groups is 1. The van der Waals surface area contributed by atoms with Crippen LogP contribution in [0.3, 0.4) is 0 Å². The van der Waals surface area contributed by atoms with Gasteiger partial charge >= 0.3 is 6.01 Å². The van der Waals surface area contributed by atoms with E-state index in [0.29, 0.717) is 41.0 Å². The lowest BCUT2D eigenvalue weighted by Gasteiger charge is -2.34. The van der Waals surface area contributed by atoms with E-state index in [1.807, 2.05) is 30.3 Å². The Bertz CT molecular complexity index is 1540. The Morgan fingerprint density at radius 3 is 2.51 bits per heavy atom. The average Bonchev–Trinajstić information content (AvgIpc) is 3.57. The number of piperazine rings is 1. The lowest BCUT2D eigenvalue weighted by molar-refractivity contribution is 0.0676. The van der Waals surface area contributed by atoms with E-state index in [9.17, 15) is 10.2 Å². The molecule has 1 saturated carbocycles. The number of nitrogens with one attached hydrogen (secondary N) is 1. The second-order valence-corrected chi connectivity index (χ2v) is 11.6. The van der Waals surface area contributed by atoms with Crippen LogP contribution >= 0.6 is 0 Å². The van der Waals surface area contributed by atoms with Gasteiger partial charge in [0, 0.05) is 41.5 Å². The van der Waals surface area contributed by atoms with Gasteiger partial charge in [-0.05, 0) is 60.2 Å². The van der Waals surface area contributed by atoms with Gasteiger partial charge in [0.15, 0.2) is 5.82 Å². The van der Waals surface area contributed by atoms with Crippen LogP contribution in [-0.4, -0.2) is 58.6 Å². The van der Waals surface area contributed by atoms with Crippen molar-refractivity contribution in [2.75, 3.05) is 31.2 Å². The Labute approximate surface area is 226 Å². The molecule has 3 aliphatic rings. The van der Waals surface area contributed by atoms with Crippen molar-refractivity contribution in [3.63, 3.8) is 0 Å². The molecule has 4 aromatic rings. The van der Waals surface area contributed by atoms with Gasteiger partial charge in [0.2, 0.25) is 0 Å². The van der Waals surface area contributed by atoms with Crippen molar-refractivity contribution in [1.82, 2.24) is 15.3 Å². The molecular formula is C31H33FN4O3. The van der Waals surface area contributed by atoms with Crippen molar-refractivity contribution in [2.24, 2.45) is 5.41 Å². The summed E-state index contributed by atoms with van der Waals surface area (Å²) in [5.41, 5.74) is 0.884. The molecule has 7 nitrogen and oxygen atoms in total. The van der Waals surface area contributed by atoms with E-state index in [4.69, 9.17) is 9.72 Å². The van der Waals surface area contributed by atoms with Gasteiger partial charge in [-0.2, -0.15) is 9.97 Å². The molecule has 202 valence electrons. The highest BCUT2D eigenvalue weighted by Crippen LogP contribution is 2.40. The number of hydrogen-bond donors (Lipinski definition) is 3. The predicted octanol–water partition coefficient (Wildman–Crippen LogP) is 5.17. The van der Waals surface area contributed by atoms with Crippen molar-refractivity contribution in [3.05, 3.63) is 54.3 Å². The van der Waals surface area contributed by atoms with Crippen LogP contribution in [0.1, 0.15) is 38.5 Å². The zero-order chi connectivity index (χ0) is 26.6. The summed E-state index contributed by atoms with van der Waals surface area (Å²) in [5, 5.41) is 26.5. The number of aliphatic hydroxyl groups excluding tert-OH is 1. The summed E-state index contributed by atoms with van der Waals surface area (Å²) in [7, 11) is 0. The molecule has 0 unspecified atom stereocenters. The summed E-state index contributed by atoms with van der Waals surface area (Å²) in [4.78, 5) is 11.7. The minimum Gasteiger partial charge on any atom is -0.508 e. The van der Waals surface area contributed by atoms with Gasteiger partial charge in [-0.15, -0.1) is 0 Å². The van der Waals surface area contributed by atoms with Crippen LogP contribution in [0.15, 0.2) is 48.5 Å². The molecule has 3 heterocycles. The molecule has 0 spiro atoms. The molecule has 2 bridgehead atoms. The van der Waals surface area contributed by atoms with Crippen LogP contribution in [0, 0.1) is 11.2 Å². The largest absolute Gasteiger partial charge is 0.508 e. The number of ether oxygens (including phenoxy) is 1. The zero-order valence-electron chi connectivity index (χ0n) is 21.9. The second-order valence-electron chi connectivity index (χ2n) is 11.6. The topological polar surface area (TPSA) is 90.7 Å². The molecule has 1 aromatic heterocycles. The standard InChI is InChI=1S/C31H33FN4O3/c32-27-24(26-14-22(38)13-19-5-1-2-6-23(19)26)9-10-25-28(27)34-30(39-18-31(17-37)11-3-4-12-31)35-29(25)36-15-20-7-8-21(16-36)33-20/h1-2,5-6,9-10,13-14,20-21,33,37-38H,3-4,7-8,11-12,15-18H2/t20-,21+. The van der Waals surface area contributed by atoms with E-state index in [0.717, 1.165) is 62.4 Å². The van der Waals surface area contributed by atoms with E-state index < -0.39 is 5.82 Å². The Kier molecular flexibility index (Phi) is 6.05. The van der Waals surface area contributed by atoms with Gasteiger partial charge in [0.25, 0.3) is 0 Å². The third-order valence-electron chi connectivity index (χ3n) is 8.93. The molecule has 0 amide bonds. The maximum atomic E-state index is 16.5. The summed E-state index contributed by atoms with van der Waals surface area (Å²) in [6.45, 7) is 1.95. The van der Waals surface area contributed by atoms with Gasteiger partial charge < -0.3 is 25.2 Å². The third-order valence-corrected chi connectivity index (χ3v) is 8.93. The predicted molar refractivity (Wildman–Crippen MR) is 150 cm³/mol. The number of aliphatic hydroxyl groups is 1. The van der Waals surface area contributed by atoms with E-state index in [-0.39, 0.29) is 29.3 Å². The Morgan fingerprint density at radius 2 is 1.74 bits per heavy atom. The molecule has 1 aliphatic carbocycles. The molecule has 3 N–H and O–H groups in total.